The summed E-state index contributed by atoms with van der Waals surface area (Å²) in [5.74, 6) is 0.221. The van der Waals surface area contributed by atoms with E-state index in [0.717, 1.165) is 44.4 Å². The minimum absolute atomic E-state index is 0.221. The van der Waals surface area contributed by atoms with Crippen molar-refractivity contribution in [3.05, 3.63) is 150 Å². The molecule has 6 rings (SSSR count). The molecule has 0 unspecified atom stereocenters. The zero-order valence-electron chi connectivity index (χ0n) is 19.9. The fraction of sp³-hybridized carbons (Fsp3) is 0.0625. The highest BCUT2D eigenvalue weighted by Gasteiger charge is 2.39. The van der Waals surface area contributed by atoms with Crippen LogP contribution in [0.4, 0.5) is 0 Å². The summed E-state index contributed by atoms with van der Waals surface area (Å²) in [7, 11) is 0. The molecule has 0 spiro atoms. The van der Waals surface area contributed by atoms with Gasteiger partial charge >= 0.3 is 0 Å². The fourth-order valence-electron chi connectivity index (χ4n) is 5.15. The first-order chi connectivity index (χ1) is 17.7. The molecule has 0 amide bonds. The molecule has 6 aromatic rings. The third-order valence-electron chi connectivity index (χ3n) is 6.85. The SMILES string of the molecule is Cc1nn(C(c2ccccc2)(c2ccccc2)c2ccccc2)cc1-c1ccc2nccc(O)c2c1. The van der Waals surface area contributed by atoms with E-state index in [-0.39, 0.29) is 5.75 Å². The van der Waals surface area contributed by atoms with Crippen LogP contribution >= 0.6 is 0 Å². The molecule has 174 valence electrons. The van der Waals surface area contributed by atoms with E-state index in [1.165, 1.54) is 0 Å². The predicted molar refractivity (Wildman–Crippen MR) is 144 cm³/mol. The van der Waals surface area contributed by atoms with Crippen molar-refractivity contribution in [1.29, 1.82) is 0 Å². The van der Waals surface area contributed by atoms with E-state index >= 15 is 0 Å². The Morgan fingerprint density at radius 1 is 0.694 bits per heavy atom. The first-order valence-corrected chi connectivity index (χ1v) is 12.0. The van der Waals surface area contributed by atoms with Crippen molar-refractivity contribution in [2.45, 2.75) is 12.5 Å². The van der Waals surface area contributed by atoms with Crippen molar-refractivity contribution in [2.24, 2.45) is 0 Å². The van der Waals surface area contributed by atoms with Gasteiger partial charge in [-0.25, -0.2) is 0 Å². The number of pyridine rings is 1. The van der Waals surface area contributed by atoms with Crippen LogP contribution in [0.15, 0.2) is 128 Å². The molecule has 0 radical (unpaired) electrons. The minimum Gasteiger partial charge on any atom is -0.507 e. The number of aryl methyl sites for hydroxylation is 1. The van der Waals surface area contributed by atoms with Crippen LogP contribution in [0, 0.1) is 6.92 Å². The summed E-state index contributed by atoms with van der Waals surface area (Å²) in [6.07, 6.45) is 3.74. The molecule has 0 aliphatic rings. The number of hydrogen-bond acceptors (Lipinski definition) is 3. The lowest BCUT2D eigenvalue weighted by Crippen LogP contribution is -2.38. The number of rotatable bonds is 5. The third-order valence-corrected chi connectivity index (χ3v) is 6.85. The number of fused-ring (bicyclic) bond motifs is 1. The zero-order chi connectivity index (χ0) is 24.5. The molecule has 4 aromatic carbocycles. The van der Waals surface area contributed by atoms with Crippen molar-refractivity contribution in [3.63, 3.8) is 0 Å². The van der Waals surface area contributed by atoms with E-state index in [1.54, 1.807) is 12.3 Å². The summed E-state index contributed by atoms with van der Waals surface area (Å²) in [5, 5.41) is 16.3. The maximum Gasteiger partial charge on any atom is 0.138 e. The summed E-state index contributed by atoms with van der Waals surface area (Å²) in [4.78, 5) is 4.38. The lowest BCUT2D eigenvalue weighted by molar-refractivity contribution is 0.458. The second-order valence-corrected chi connectivity index (χ2v) is 8.94. The molecule has 4 nitrogen and oxygen atoms in total. The van der Waals surface area contributed by atoms with Crippen molar-refractivity contribution < 1.29 is 5.11 Å². The Hall–Kier alpha value is -4.70. The van der Waals surface area contributed by atoms with Gasteiger partial charge in [0.05, 0.1) is 11.2 Å². The van der Waals surface area contributed by atoms with Crippen LogP contribution in [0.25, 0.3) is 22.0 Å². The van der Waals surface area contributed by atoms with Crippen molar-refractivity contribution in [1.82, 2.24) is 14.8 Å². The lowest BCUT2D eigenvalue weighted by Gasteiger charge is -2.36. The Morgan fingerprint density at radius 2 is 1.25 bits per heavy atom. The van der Waals surface area contributed by atoms with Gasteiger partial charge in [0.2, 0.25) is 0 Å². The monoisotopic (exact) mass is 467 g/mol. The van der Waals surface area contributed by atoms with Crippen LogP contribution < -0.4 is 0 Å². The van der Waals surface area contributed by atoms with Gasteiger partial charge in [0.25, 0.3) is 0 Å². The number of aromatic nitrogens is 3. The molecule has 0 saturated heterocycles. The highest BCUT2D eigenvalue weighted by molar-refractivity contribution is 5.89. The molecule has 0 aliphatic carbocycles. The highest BCUT2D eigenvalue weighted by Crippen LogP contribution is 2.42. The molecular formula is C32H25N3O. The molecule has 2 aromatic heterocycles. The number of nitrogens with zero attached hydrogens (tertiary/aromatic N) is 3. The third kappa shape index (κ3) is 3.46. The van der Waals surface area contributed by atoms with Gasteiger partial charge in [0.1, 0.15) is 11.3 Å². The first-order valence-electron chi connectivity index (χ1n) is 12.0. The van der Waals surface area contributed by atoms with Crippen LogP contribution in [0.3, 0.4) is 0 Å². The summed E-state index contributed by atoms with van der Waals surface area (Å²) in [5.41, 5.74) is 6.35. The van der Waals surface area contributed by atoms with Crippen LogP contribution in [-0.4, -0.2) is 19.9 Å². The molecule has 0 atom stereocenters. The van der Waals surface area contributed by atoms with Crippen LogP contribution in [-0.2, 0) is 5.54 Å². The number of aromatic hydroxyl groups is 1. The topological polar surface area (TPSA) is 50.9 Å². The fourth-order valence-corrected chi connectivity index (χ4v) is 5.15. The highest BCUT2D eigenvalue weighted by atomic mass is 16.3. The lowest BCUT2D eigenvalue weighted by atomic mass is 9.77. The molecule has 0 bridgehead atoms. The second-order valence-electron chi connectivity index (χ2n) is 8.94. The van der Waals surface area contributed by atoms with Gasteiger partial charge in [0, 0.05) is 23.3 Å². The normalized spacial score (nSPS) is 11.6. The Balaban J connectivity index is 1.64. The second kappa shape index (κ2) is 8.82. The Labute approximate surface area is 210 Å². The minimum atomic E-state index is -0.673. The predicted octanol–water partition coefficient (Wildman–Crippen LogP) is 6.95. The van der Waals surface area contributed by atoms with Gasteiger partial charge < -0.3 is 5.11 Å². The van der Waals surface area contributed by atoms with Gasteiger partial charge in [-0.2, -0.15) is 5.10 Å². The molecule has 36 heavy (non-hydrogen) atoms. The van der Waals surface area contributed by atoms with E-state index < -0.39 is 5.54 Å². The summed E-state index contributed by atoms with van der Waals surface area (Å²) < 4.78 is 2.09. The van der Waals surface area contributed by atoms with Gasteiger partial charge in [0.15, 0.2) is 0 Å². The standard InChI is InChI=1S/C32H25N3O/c1-23-29(24-17-18-30-28(21-24)31(36)19-20-33-30)22-35(34-23)32(25-11-5-2-6-12-25,26-13-7-3-8-14-26)27-15-9-4-10-16-27/h2-22H,1H3,(H,33,36). The van der Waals surface area contributed by atoms with Crippen molar-refractivity contribution in [3.8, 4) is 16.9 Å². The van der Waals surface area contributed by atoms with Gasteiger partial charge in [-0.3, -0.25) is 9.67 Å². The number of hydrogen-bond donors (Lipinski definition) is 1. The molecule has 4 heteroatoms. The molecule has 2 heterocycles. The van der Waals surface area contributed by atoms with E-state index in [9.17, 15) is 5.11 Å². The first kappa shape index (κ1) is 21.8. The average Bonchev–Trinajstić information content (AvgIpc) is 3.32. The largest absolute Gasteiger partial charge is 0.507 e. The van der Waals surface area contributed by atoms with E-state index in [0.29, 0.717) is 0 Å². The average molecular weight is 468 g/mol. The maximum atomic E-state index is 10.4. The Morgan fingerprint density at radius 3 is 1.81 bits per heavy atom. The van der Waals surface area contributed by atoms with E-state index in [2.05, 4.69) is 88.7 Å². The van der Waals surface area contributed by atoms with Crippen LogP contribution in [0.5, 0.6) is 5.75 Å². The molecular weight excluding hydrogens is 442 g/mol. The van der Waals surface area contributed by atoms with Crippen molar-refractivity contribution >= 4 is 10.9 Å². The summed E-state index contributed by atoms with van der Waals surface area (Å²) in [6.45, 7) is 2.03. The molecule has 1 N–H and O–H groups in total. The van der Waals surface area contributed by atoms with Crippen LogP contribution in [0.2, 0.25) is 0 Å². The van der Waals surface area contributed by atoms with Gasteiger partial charge in [-0.05, 0) is 47.4 Å². The quantitative estimate of drug-likeness (QED) is 0.279. The van der Waals surface area contributed by atoms with Crippen molar-refractivity contribution in [2.75, 3.05) is 0 Å². The molecule has 0 saturated carbocycles. The smallest absolute Gasteiger partial charge is 0.138 e. The number of benzene rings is 4. The van der Waals surface area contributed by atoms with E-state index in [1.807, 2.05) is 43.3 Å². The zero-order valence-corrected chi connectivity index (χ0v) is 19.9. The Kier molecular flexibility index (Phi) is 5.34. The summed E-state index contributed by atoms with van der Waals surface area (Å²) >= 11 is 0. The van der Waals surface area contributed by atoms with Gasteiger partial charge in [-0.15, -0.1) is 0 Å². The molecule has 0 aliphatic heterocycles. The maximum absolute atomic E-state index is 10.4. The van der Waals surface area contributed by atoms with Crippen LogP contribution in [0.1, 0.15) is 22.4 Å². The van der Waals surface area contributed by atoms with Gasteiger partial charge in [-0.1, -0.05) is 97.1 Å². The Bertz CT molecular complexity index is 1540. The summed E-state index contributed by atoms with van der Waals surface area (Å²) in [6, 6.07) is 39.1. The molecule has 0 fully saturated rings. The van der Waals surface area contributed by atoms with E-state index in [4.69, 9.17) is 5.10 Å².